The zero-order chi connectivity index (χ0) is 24.1. The lowest BCUT2D eigenvalue weighted by Crippen LogP contribution is -2.14. The molecule has 3 aromatic carbocycles. The van der Waals surface area contributed by atoms with Crippen molar-refractivity contribution in [2.45, 2.75) is 19.4 Å². The number of hydrogen-bond donors (Lipinski definition) is 1. The van der Waals surface area contributed by atoms with Crippen LogP contribution >= 0.6 is 11.6 Å². The number of nitrogens with zero attached hydrogens (tertiary/aromatic N) is 2. The number of nitriles is 1. The number of halogens is 1. The molecule has 0 saturated heterocycles. The first kappa shape index (κ1) is 23.1. The monoisotopic (exact) mass is 475 g/mol. The average molecular weight is 476 g/mol. The van der Waals surface area contributed by atoms with Gasteiger partial charge >= 0.3 is 0 Å². The highest BCUT2D eigenvalue weighted by atomic mass is 35.5. The quantitative estimate of drug-likeness (QED) is 0.233. The van der Waals surface area contributed by atoms with E-state index in [4.69, 9.17) is 21.1 Å². The molecule has 1 aromatic heterocycles. The van der Waals surface area contributed by atoms with Crippen LogP contribution < -0.4 is 9.47 Å². The summed E-state index contributed by atoms with van der Waals surface area (Å²) in [7, 11) is 0. The van der Waals surface area contributed by atoms with Crippen LogP contribution in [0.4, 0.5) is 0 Å². The Labute approximate surface area is 201 Å². The molecule has 1 atom stereocenters. The Morgan fingerprint density at radius 2 is 1.91 bits per heavy atom. The summed E-state index contributed by atoms with van der Waals surface area (Å²) >= 11 is 6.62. The van der Waals surface area contributed by atoms with Gasteiger partial charge in [-0.3, -0.25) is 10.1 Å². The summed E-state index contributed by atoms with van der Waals surface area (Å²) < 4.78 is 11.8. The third kappa shape index (κ3) is 4.82. The summed E-state index contributed by atoms with van der Waals surface area (Å²) in [4.78, 5) is 14.4. The zero-order valence-corrected chi connectivity index (χ0v) is 19.2. The van der Waals surface area contributed by atoms with E-state index >= 15 is 0 Å². The third-order valence-corrected chi connectivity index (χ3v) is 5.85. The summed E-state index contributed by atoms with van der Waals surface area (Å²) in [5.74, 6) is 0.183. The highest BCUT2D eigenvalue weighted by Crippen LogP contribution is 2.41. The van der Waals surface area contributed by atoms with E-state index in [2.05, 4.69) is 11.1 Å². The summed E-state index contributed by atoms with van der Waals surface area (Å²) in [6.07, 6.45) is 1.80. The second kappa shape index (κ2) is 10.3. The molecular weight excluding hydrogens is 454 g/mol. The number of fused-ring (bicyclic) bond motifs is 1. The third-order valence-electron chi connectivity index (χ3n) is 5.57. The lowest BCUT2D eigenvalue weighted by molar-refractivity contribution is -0.481. The van der Waals surface area contributed by atoms with Crippen LogP contribution in [0.2, 0.25) is 5.02 Å². The molecule has 0 bridgehead atoms. The molecule has 34 heavy (non-hydrogen) atoms. The fourth-order valence-electron chi connectivity index (χ4n) is 4.01. The van der Waals surface area contributed by atoms with Gasteiger partial charge in [-0.1, -0.05) is 48.0 Å². The van der Waals surface area contributed by atoms with Gasteiger partial charge in [0.25, 0.3) is 0 Å². The predicted octanol–water partition coefficient (Wildman–Crippen LogP) is 6.08. The topological polar surface area (TPSA) is 101 Å². The number of para-hydroxylation sites is 1. The molecule has 0 aliphatic rings. The summed E-state index contributed by atoms with van der Waals surface area (Å²) in [6, 6.07) is 20.4. The molecule has 0 saturated carbocycles. The van der Waals surface area contributed by atoms with E-state index < -0.39 is 5.92 Å². The second-order valence-electron chi connectivity index (χ2n) is 7.68. The van der Waals surface area contributed by atoms with Gasteiger partial charge in [-0.2, -0.15) is 5.26 Å². The van der Waals surface area contributed by atoms with E-state index in [0.717, 1.165) is 22.0 Å². The van der Waals surface area contributed by atoms with Gasteiger partial charge in [0.1, 0.15) is 6.61 Å². The molecule has 1 heterocycles. The van der Waals surface area contributed by atoms with Crippen molar-refractivity contribution in [3.63, 3.8) is 0 Å². The van der Waals surface area contributed by atoms with Crippen LogP contribution in [0.25, 0.3) is 10.9 Å². The minimum Gasteiger partial charge on any atom is -0.490 e. The van der Waals surface area contributed by atoms with E-state index in [1.54, 1.807) is 30.5 Å². The van der Waals surface area contributed by atoms with Crippen LogP contribution in [-0.2, 0) is 6.61 Å². The lowest BCUT2D eigenvalue weighted by Gasteiger charge is -2.19. The SMILES string of the molecule is CCOc1cc([C@H](C[N+](=O)[O-])c2c[nH]c3ccccc23)cc(Cl)c1OCc1ccccc1C#N. The van der Waals surface area contributed by atoms with Crippen molar-refractivity contribution in [1.82, 2.24) is 4.98 Å². The zero-order valence-electron chi connectivity index (χ0n) is 18.5. The van der Waals surface area contributed by atoms with E-state index in [0.29, 0.717) is 29.2 Å². The molecule has 0 aliphatic carbocycles. The van der Waals surface area contributed by atoms with Gasteiger partial charge in [0.15, 0.2) is 11.5 Å². The first-order valence-electron chi connectivity index (χ1n) is 10.8. The van der Waals surface area contributed by atoms with Crippen molar-refractivity contribution in [3.05, 3.63) is 104 Å². The van der Waals surface area contributed by atoms with Crippen molar-refractivity contribution >= 4 is 22.5 Å². The number of aromatic nitrogens is 1. The number of benzene rings is 3. The van der Waals surface area contributed by atoms with Crippen LogP contribution in [0.3, 0.4) is 0 Å². The largest absolute Gasteiger partial charge is 0.490 e. The van der Waals surface area contributed by atoms with Crippen LogP contribution in [0, 0.1) is 21.4 Å². The number of nitrogens with one attached hydrogen (secondary N) is 1. The molecule has 8 heteroatoms. The van der Waals surface area contributed by atoms with Gasteiger partial charge in [0.05, 0.1) is 29.2 Å². The van der Waals surface area contributed by atoms with Crippen LogP contribution in [0.15, 0.2) is 66.9 Å². The minimum absolute atomic E-state index is 0.129. The van der Waals surface area contributed by atoms with Crippen molar-refractivity contribution in [2.24, 2.45) is 0 Å². The van der Waals surface area contributed by atoms with Gasteiger partial charge in [-0.15, -0.1) is 0 Å². The highest BCUT2D eigenvalue weighted by Gasteiger charge is 2.26. The molecule has 0 amide bonds. The van der Waals surface area contributed by atoms with Gasteiger partial charge in [0, 0.05) is 27.6 Å². The van der Waals surface area contributed by atoms with Crippen molar-refractivity contribution in [1.29, 1.82) is 5.26 Å². The van der Waals surface area contributed by atoms with E-state index in [9.17, 15) is 15.4 Å². The molecular formula is C26H22ClN3O4. The molecule has 0 radical (unpaired) electrons. The molecule has 4 aromatic rings. The van der Waals surface area contributed by atoms with Crippen molar-refractivity contribution in [2.75, 3.05) is 13.2 Å². The van der Waals surface area contributed by atoms with Gasteiger partial charge in [-0.05, 0) is 42.3 Å². The first-order valence-corrected chi connectivity index (χ1v) is 11.1. The lowest BCUT2D eigenvalue weighted by atomic mass is 9.90. The number of aromatic amines is 1. The molecule has 7 nitrogen and oxygen atoms in total. The van der Waals surface area contributed by atoms with Crippen LogP contribution in [-0.4, -0.2) is 23.1 Å². The number of nitro groups is 1. The minimum atomic E-state index is -0.545. The maximum absolute atomic E-state index is 11.6. The van der Waals surface area contributed by atoms with Crippen LogP contribution in [0.1, 0.15) is 35.1 Å². The molecule has 172 valence electrons. The Balaban J connectivity index is 1.74. The fraction of sp³-hybridized carbons (Fsp3) is 0.192. The molecule has 0 unspecified atom stereocenters. The van der Waals surface area contributed by atoms with E-state index in [1.165, 1.54) is 0 Å². The van der Waals surface area contributed by atoms with Gasteiger partial charge < -0.3 is 14.5 Å². The van der Waals surface area contributed by atoms with Gasteiger partial charge in [-0.25, -0.2) is 0 Å². The Morgan fingerprint density at radius 3 is 2.68 bits per heavy atom. The first-order chi connectivity index (χ1) is 16.5. The smallest absolute Gasteiger partial charge is 0.214 e. The van der Waals surface area contributed by atoms with E-state index in [1.807, 2.05) is 43.3 Å². The maximum atomic E-state index is 11.6. The maximum Gasteiger partial charge on any atom is 0.214 e. The summed E-state index contributed by atoms with van der Waals surface area (Å²) in [5, 5.41) is 22.1. The van der Waals surface area contributed by atoms with Gasteiger partial charge in [0.2, 0.25) is 6.54 Å². The number of rotatable bonds is 9. The highest BCUT2D eigenvalue weighted by molar-refractivity contribution is 6.32. The Morgan fingerprint density at radius 1 is 1.15 bits per heavy atom. The van der Waals surface area contributed by atoms with Crippen molar-refractivity contribution in [3.8, 4) is 17.6 Å². The standard InChI is InChI=1S/C26H22ClN3O4/c1-2-33-25-12-19(11-23(27)26(25)34-16-18-8-4-3-7-17(18)13-28)22(15-30(31)32)21-14-29-24-10-6-5-9-20(21)24/h3-12,14,22,29H,2,15-16H2,1H3/t22-/m0/s1. The van der Waals surface area contributed by atoms with E-state index in [-0.39, 0.29) is 23.1 Å². The Kier molecular flexibility index (Phi) is 7.00. The van der Waals surface area contributed by atoms with Crippen LogP contribution in [0.5, 0.6) is 11.5 Å². The average Bonchev–Trinajstić information content (AvgIpc) is 3.26. The molecule has 1 N–H and O–H groups in total. The molecule has 0 fully saturated rings. The summed E-state index contributed by atoms with van der Waals surface area (Å²) in [6.45, 7) is 2.02. The summed E-state index contributed by atoms with van der Waals surface area (Å²) in [5.41, 5.74) is 3.59. The number of H-pyrrole nitrogens is 1. The second-order valence-corrected chi connectivity index (χ2v) is 8.09. The number of ether oxygens (including phenoxy) is 2. The normalized spacial score (nSPS) is 11.7. The fourth-order valence-corrected chi connectivity index (χ4v) is 4.29. The number of hydrogen-bond acceptors (Lipinski definition) is 5. The Hall–Kier alpha value is -4.02. The predicted molar refractivity (Wildman–Crippen MR) is 130 cm³/mol. The van der Waals surface area contributed by atoms with Crippen molar-refractivity contribution < 1.29 is 14.4 Å². The molecule has 0 spiro atoms. The molecule has 0 aliphatic heterocycles. The molecule has 4 rings (SSSR count). The Bertz CT molecular complexity index is 1380.